The molecular formula is C22H32N6O. The number of aliphatic imine (C=N–C) groups is 1. The summed E-state index contributed by atoms with van der Waals surface area (Å²) in [4.78, 5) is 27.0. The monoisotopic (exact) mass is 396 g/mol. The number of nitrogens with zero attached hydrogens (tertiary/aromatic N) is 3. The van der Waals surface area contributed by atoms with Crippen LogP contribution >= 0.6 is 0 Å². The Morgan fingerprint density at radius 2 is 2.10 bits per heavy atom. The Kier molecular flexibility index (Phi) is 6.32. The molecule has 0 radical (unpaired) electrons. The second-order valence-electron chi connectivity index (χ2n) is 8.20. The SMILES string of the molecule is CN=C(NCCCc1nc2ccccc2[nH]1)NC1CCN(C(=O)C2CCCC2)C1. The fourth-order valence-electron chi connectivity index (χ4n) is 4.48. The Bertz CT molecular complexity index is 821. The predicted octanol–water partition coefficient (Wildman–Crippen LogP) is 2.45. The molecule has 1 atom stereocenters. The molecule has 1 saturated carbocycles. The predicted molar refractivity (Wildman–Crippen MR) is 116 cm³/mol. The van der Waals surface area contributed by atoms with Crippen LogP contribution in [0.1, 0.15) is 44.3 Å². The van der Waals surface area contributed by atoms with E-state index in [-0.39, 0.29) is 12.0 Å². The zero-order valence-corrected chi connectivity index (χ0v) is 17.3. The lowest BCUT2D eigenvalue weighted by molar-refractivity contribution is -0.134. The highest BCUT2D eigenvalue weighted by Crippen LogP contribution is 2.27. The molecule has 0 spiro atoms. The second-order valence-corrected chi connectivity index (χ2v) is 8.20. The molecule has 1 aromatic carbocycles. The van der Waals surface area contributed by atoms with Crippen molar-refractivity contribution in [3.05, 3.63) is 30.1 Å². The molecule has 2 aliphatic rings. The van der Waals surface area contributed by atoms with Gasteiger partial charge in [0.05, 0.1) is 11.0 Å². The molecule has 2 aromatic rings. The Hall–Kier alpha value is -2.57. The highest BCUT2D eigenvalue weighted by molar-refractivity contribution is 5.81. The fourth-order valence-corrected chi connectivity index (χ4v) is 4.48. The molecule has 2 fully saturated rings. The van der Waals surface area contributed by atoms with E-state index in [1.54, 1.807) is 7.05 Å². The van der Waals surface area contributed by atoms with Crippen LogP contribution in [0.2, 0.25) is 0 Å². The second kappa shape index (κ2) is 9.29. The molecule has 1 unspecified atom stereocenters. The summed E-state index contributed by atoms with van der Waals surface area (Å²) in [6.07, 6.45) is 7.40. The van der Waals surface area contributed by atoms with Crippen LogP contribution in [0.5, 0.6) is 0 Å². The summed E-state index contributed by atoms with van der Waals surface area (Å²) < 4.78 is 0. The maximum atomic E-state index is 12.6. The summed E-state index contributed by atoms with van der Waals surface area (Å²) in [6.45, 7) is 2.47. The lowest BCUT2D eigenvalue weighted by Crippen LogP contribution is -2.45. The van der Waals surface area contributed by atoms with Gasteiger partial charge in [0.25, 0.3) is 0 Å². The molecule has 1 saturated heterocycles. The molecule has 7 heteroatoms. The Morgan fingerprint density at radius 3 is 2.90 bits per heavy atom. The third-order valence-corrected chi connectivity index (χ3v) is 6.09. The molecule has 1 aliphatic carbocycles. The molecule has 1 aliphatic heterocycles. The van der Waals surface area contributed by atoms with Crippen molar-refractivity contribution in [2.75, 3.05) is 26.7 Å². The number of fused-ring (bicyclic) bond motifs is 1. The van der Waals surface area contributed by atoms with E-state index in [0.717, 1.165) is 74.6 Å². The summed E-state index contributed by atoms with van der Waals surface area (Å²) in [7, 11) is 1.80. The number of carbonyl (C=O) groups excluding carboxylic acids is 1. The van der Waals surface area contributed by atoms with Crippen LogP contribution in [-0.2, 0) is 11.2 Å². The average Bonchev–Trinajstić information content (AvgIpc) is 3.50. The van der Waals surface area contributed by atoms with Crippen molar-refractivity contribution in [1.29, 1.82) is 0 Å². The summed E-state index contributed by atoms with van der Waals surface area (Å²) in [5, 5.41) is 6.88. The van der Waals surface area contributed by atoms with Gasteiger partial charge >= 0.3 is 0 Å². The van der Waals surface area contributed by atoms with Crippen LogP contribution < -0.4 is 10.6 Å². The van der Waals surface area contributed by atoms with Gasteiger partial charge in [0.15, 0.2) is 5.96 Å². The number of likely N-dealkylation sites (tertiary alicyclic amines) is 1. The van der Waals surface area contributed by atoms with Crippen molar-refractivity contribution in [3.63, 3.8) is 0 Å². The number of hydrogen-bond donors (Lipinski definition) is 3. The summed E-state index contributed by atoms with van der Waals surface area (Å²) >= 11 is 0. The number of nitrogens with one attached hydrogen (secondary N) is 3. The van der Waals surface area contributed by atoms with Crippen molar-refractivity contribution in [3.8, 4) is 0 Å². The maximum absolute atomic E-state index is 12.6. The Morgan fingerprint density at radius 1 is 1.28 bits per heavy atom. The van der Waals surface area contributed by atoms with E-state index in [1.807, 2.05) is 23.1 Å². The quantitative estimate of drug-likeness (QED) is 0.398. The number of aryl methyl sites for hydroxylation is 1. The van der Waals surface area contributed by atoms with E-state index in [0.29, 0.717) is 5.91 Å². The fraction of sp³-hybridized carbons (Fsp3) is 0.591. The number of guanidine groups is 1. The normalized spacial score (nSPS) is 20.5. The highest BCUT2D eigenvalue weighted by atomic mass is 16.2. The molecule has 2 heterocycles. The number of carbonyl (C=O) groups is 1. The van der Waals surface area contributed by atoms with Crippen LogP contribution in [0, 0.1) is 5.92 Å². The highest BCUT2D eigenvalue weighted by Gasteiger charge is 2.32. The summed E-state index contributed by atoms with van der Waals surface area (Å²) in [6, 6.07) is 8.39. The van der Waals surface area contributed by atoms with E-state index >= 15 is 0 Å². The molecule has 4 rings (SSSR count). The number of imidazole rings is 1. The first kappa shape index (κ1) is 19.7. The van der Waals surface area contributed by atoms with Gasteiger partial charge in [-0.3, -0.25) is 9.79 Å². The van der Waals surface area contributed by atoms with Gasteiger partial charge in [-0.15, -0.1) is 0 Å². The minimum Gasteiger partial charge on any atom is -0.356 e. The van der Waals surface area contributed by atoms with Crippen molar-refractivity contribution in [2.24, 2.45) is 10.9 Å². The van der Waals surface area contributed by atoms with Crippen molar-refractivity contribution >= 4 is 22.9 Å². The van der Waals surface area contributed by atoms with E-state index in [9.17, 15) is 4.79 Å². The summed E-state index contributed by atoms with van der Waals surface area (Å²) in [5.41, 5.74) is 2.11. The number of para-hydroxylation sites is 2. The molecule has 1 aromatic heterocycles. The van der Waals surface area contributed by atoms with E-state index in [4.69, 9.17) is 0 Å². The number of aromatic nitrogens is 2. The number of rotatable bonds is 6. The zero-order chi connectivity index (χ0) is 20.1. The Labute approximate surface area is 172 Å². The molecule has 7 nitrogen and oxygen atoms in total. The first-order chi connectivity index (χ1) is 14.2. The maximum Gasteiger partial charge on any atom is 0.225 e. The van der Waals surface area contributed by atoms with E-state index in [2.05, 4.69) is 31.7 Å². The van der Waals surface area contributed by atoms with Gasteiger partial charge < -0.3 is 20.5 Å². The van der Waals surface area contributed by atoms with Crippen LogP contribution in [0.25, 0.3) is 11.0 Å². The number of amides is 1. The van der Waals surface area contributed by atoms with Crippen LogP contribution in [0.3, 0.4) is 0 Å². The lowest BCUT2D eigenvalue weighted by atomic mass is 10.1. The smallest absolute Gasteiger partial charge is 0.225 e. The van der Waals surface area contributed by atoms with Crippen LogP contribution in [0.4, 0.5) is 0 Å². The topological polar surface area (TPSA) is 85.4 Å². The first-order valence-electron chi connectivity index (χ1n) is 10.9. The third-order valence-electron chi connectivity index (χ3n) is 6.09. The number of benzene rings is 1. The van der Waals surface area contributed by atoms with E-state index < -0.39 is 0 Å². The van der Waals surface area contributed by atoms with Crippen molar-refractivity contribution < 1.29 is 4.79 Å². The molecule has 0 bridgehead atoms. The standard InChI is InChI=1S/C22H32N6O/c1-23-22(24-13-6-11-20-26-18-9-4-5-10-19(18)27-20)25-17-12-14-28(15-17)21(29)16-7-2-3-8-16/h4-5,9-10,16-17H,2-3,6-8,11-15H2,1H3,(H,26,27)(H2,23,24,25). The van der Waals surface area contributed by atoms with Crippen molar-refractivity contribution in [2.45, 2.75) is 51.0 Å². The molecule has 156 valence electrons. The zero-order valence-electron chi connectivity index (χ0n) is 17.3. The molecular weight excluding hydrogens is 364 g/mol. The van der Waals surface area contributed by atoms with Crippen molar-refractivity contribution in [1.82, 2.24) is 25.5 Å². The lowest BCUT2D eigenvalue weighted by Gasteiger charge is -2.21. The average molecular weight is 397 g/mol. The molecule has 3 N–H and O–H groups in total. The molecule has 29 heavy (non-hydrogen) atoms. The van der Waals surface area contributed by atoms with Gasteiger partial charge in [-0.1, -0.05) is 25.0 Å². The number of hydrogen-bond acceptors (Lipinski definition) is 3. The summed E-state index contributed by atoms with van der Waals surface area (Å²) in [5.74, 6) is 2.47. The minimum atomic E-state index is 0.268. The van der Waals surface area contributed by atoms with E-state index in [1.165, 1.54) is 12.8 Å². The van der Waals surface area contributed by atoms with Gasteiger partial charge in [0.1, 0.15) is 5.82 Å². The van der Waals surface area contributed by atoms with Gasteiger partial charge in [0.2, 0.25) is 5.91 Å². The third kappa shape index (κ3) is 4.89. The van der Waals surface area contributed by atoms with Gasteiger partial charge in [-0.05, 0) is 37.8 Å². The van der Waals surface area contributed by atoms with Gasteiger partial charge in [-0.2, -0.15) is 0 Å². The largest absolute Gasteiger partial charge is 0.356 e. The minimum absolute atomic E-state index is 0.268. The first-order valence-corrected chi connectivity index (χ1v) is 10.9. The van der Waals surface area contributed by atoms with Gasteiger partial charge in [-0.25, -0.2) is 4.98 Å². The van der Waals surface area contributed by atoms with Crippen LogP contribution in [0.15, 0.2) is 29.3 Å². The Balaban J connectivity index is 1.18. The van der Waals surface area contributed by atoms with Gasteiger partial charge in [0, 0.05) is 45.1 Å². The van der Waals surface area contributed by atoms with Crippen LogP contribution in [-0.4, -0.2) is 59.5 Å². The number of H-pyrrole nitrogens is 1. The molecule has 1 amide bonds. The number of aromatic amines is 1.